The molecule has 274 valence electrons. The maximum atomic E-state index is 13.7. The highest BCUT2D eigenvalue weighted by molar-refractivity contribution is 5.89. The van der Waals surface area contributed by atoms with E-state index in [2.05, 4.69) is 58.8 Å². The predicted molar refractivity (Wildman–Crippen MR) is 210 cm³/mol. The molecule has 0 spiro atoms. The fraction of sp³-hybridized carbons (Fsp3) is 0.311. The van der Waals surface area contributed by atoms with Gasteiger partial charge in [0.05, 0.1) is 0 Å². The number of hydrogen-bond donors (Lipinski definition) is 1. The van der Waals surface area contributed by atoms with Gasteiger partial charge in [0.15, 0.2) is 0 Å². The fourth-order valence-electron chi connectivity index (χ4n) is 6.56. The van der Waals surface area contributed by atoms with E-state index in [-0.39, 0.29) is 18.2 Å². The Hall–Kier alpha value is -5.63. The third-order valence-corrected chi connectivity index (χ3v) is 9.35. The molecule has 0 aliphatic heterocycles. The molecule has 8 nitrogen and oxygen atoms in total. The number of nitrogens with zero attached hydrogens (tertiary/aromatic N) is 3. The van der Waals surface area contributed by atoms with Crippen molar-refractivity contribution >= 4 is 17.8 Å². The second-order valence-electron chi connectivity index (χ2n) is 14.7. The maximum Gasteiger partial charge on any atom is 0.410 e. The van der Waals surface area contributed by atoms with Gasteiger partial charge >= 0.3 is 12.1 Å². The van der Waals surface area contributed by atoms with Crippen molar-refractivity contribution in [2.24, 2.45) is 0 Å². The number of para-hydroxylation sites is 1. The average molecular weight is 711 g/mol. The molecular formula is C45H50N4O4. The summed E-state index contributed by atoms with van der Waals surface area (Å²) in [6.45, 7) is 7.56. The third kappa shape index (κ3) is 11.2. The number of nitrogens with one attached hydrogen (secondary N) is 1. The molecule has 1 fully saturated rings. The lowest BCUT2D eigenvalue weighted by atomic mass is 9.94. The molecule has 1 aromatic heterocycles. The van der Waals surface area contributed by atoms with Gasteiger partial charge in [-0.3, -0.25) is 4.98 Å². The Labute approximate surface area is 313 Å². The van der Waals surface area contributed by atoms with Gasteiger partial charge in [-0.15, -0.1) is 0 Å². The van der Waals surface area contributed by atoms with Gasteiger partial charge in [-0.1, -0.05) is 104 Å². The standard InChI is InChI=1S/C45H50N4O4/c1-45(2,3)53-44(51)49(41-12-6-4-7-13-41)32-35-18-24-39(25-19-35)38-22-16-34(17-23-38)30-48(31-37-11-10-28-46-29-37)43(50)47-40-26-20-36(21-27-40)33-52-42-14-8-5-9-15-42/h5,8-11,14-29,41H,4,6-7,12-13,30-33H2,1-3H3,(H,47,50). The highest BCUT2D eigenvalue weighted by atomic mass is 16.6. The maximum absolute atomic E-state index is 13.7. The first-order chi connectivity index (χ1) is 25.7. The number of hydrogen-bond acceptors (Lipinski definition) is 5. The van der Waals surface area contributed by atoms with Crippen molar-refractivity contribution in [3.63, 3.8) is 0 Å². The molecule has 0 bridgehead atoms. The Kier molecular flexibility index (Phi) is 12.4. The number of urea groups is 1. The smallest absolute Gasteiger partial charge is 0.410 e. The summed E-state index contributed by atoms with van der Waals surface area (Å²) in [7, 11) is 0. The minimum atomic E-state index is -0.537. The van der Waals surface area contributed by atoms with Gasteiger partial charge in [0, 0.05) is 43.8 Å². The Morgan fingerprint density at radius 2 is 1.30 bits per heavy atom. The number of carbonyl (C=O) groups is 2. The molecule has 53 heavy (non-hydrogen) atoms. The summed E-state index contributed by atoms with van der Waals surface area (Å²) in [6, 6.07) is 38.0. The number of carbonyl (C=O) groups excluding carboxylic acids is 2. The number of aromatic nitrogens is 1. The van der Waals surface area contributed by atoms with Gasteiger partial charge in [0.25, 0.3) is 0 Å². The molecule has 0 saturated heterocycles. The van der Waals surface area contributed by atoms with Crippen LogP contribution in [0.3, 0.4) is 0 Å². The molecule has 1 aliphatic rings. The van der Waals surface area contributed by atoms with Crippen LogP contribution >= 0.6 is 0 Å². The molecule has 4 aromatic carbocycles. The Bertz CT molecular complexity index is 1890. The van der Waals surface area contributed by atoms with Crippen molar-refractivity contribution < 1.29 is 19.1 Å². The minimum absolute atomic E-state index is 0.199. The van der Waals surface area contributed by atoms with E-state index in [1.54, 1.807) is 17.3 Å². The van der Waals surface area contributed by atoms with Crippen molar-refractivity contribution in [3.05, 3.63) is 150 Å². The second kappa shape index (κ2) is 17.7. The first-order valence-corrected chi connectivity index (χ1v) is 18.6. The van der Waals surface area contributed by atoms with Crippen LogP contribution in [0.25, 0.3) is 11.1 Å². The van der Waals surface area contributed by atoms with Gasteiger partial charge < -0.3 is 24.6 Å². The van der Waals surface area contributed by atoms with E-state index >= 15 is 0 Å². The van der Waals surface area contributed by atoms with E-state index in [4.69, 9.17) is 9.47 Å². The average Bonchev–Trinajstić information content (AvgIpc) is 3.17. The van der Waals surface area contributed by atoms with Crippen LogP contribution in [0.5, 0.6) is 5.75 Å². The van der Waals surface area contributed by atoms with E-state index < -0.39 is 5.60 Å². The Morgan fingerprint density at radius 3 is 1.91 bits per heavy atom. The van der Waals surface area contributed by atoms with E-state index in [0.29, 0.717) is 31.9 Å². The van der Waals surface area contributed by atoms with Crippen molar-refractivity contribution in [1.29, 1.82) is 0 Å². The normalized spacial score (nSPS) is 13.2. The number of anilines is 1. The largest absolute Gasteiger partial charge is 0.489 e. The number of ether oxygens (including phenoxy) is 2. The summed E-state index contributed by atoms with van der Waals surface area (Å²) in [5.41, 5.74) is 6.39. The van der Waals surface area contributed by atoms with Crippen molar-refractivity contribution in [2.75, 3.05) is 5.32 Å². The predicted octanol–water partition coefficient (Wildman–Crippen LogP) is 10.6. The summed E-state index contributed by atoms with van der Waals surface area (Å²) in [4.78, 5) is 34.9. The van der Waals surface area contributed by atoms with Crippen molar-refractivity contribution in [1.82, 2.24) is 14.8 Å². The molecular weight excluding hydrogens is 661 g/mol. The first kappa shape index (κ1) is 37.1. The van der Waals surface area contributed by atoms with Gasteiger partial charge in [-0.05, 0) is 97.3 Å². The molecule has 0 radical (unpaired) electrons. The number of rotatable bonds is 12. The highest BCUT2D eigenvalue weighted by Crippen LogP contribution is 2.28. The summed E-state index contributed by atoms with van der Waals surface area (Å²) in [6.07, 6.45) is 8.83. The van der Waals surface area contributed by atoms with Crippen LogP contribution in [0.4, 0.5) is 15.3 Å². The summed E-state index contributed by atoms with van der Waals surface area (Å²) in [5.74, 6) is 0.815. The van der Waals surface area contributed by atoms with Gasteiger partial charge in [0.1, 0.15) is 18.0 Å². The molecule has 8 heteroatoms. The zero-order chi connectivity index (χ0) is 37.0. The number of pyridine rings is 1. The van der Waals surface area contributed by atoms with Gasteiger partial charge in [-0.2, -0.15) is 0 Å². The molecule has 1 heterocycles. The third-order valence-electron chi connectivity index (χ3n) is 9.35. The summed E-state index contributed by atoms with van der Waals surface area (Å²) >= 11 is 0. The summed E-state index contributed by atoms with van der Waals surface area (Å²) < 4.78 is 11.7. The minimum Gasteiger partial charge on any atom is -0.489 e. The first-order valence-electron chi connectivity index (χ1n) is 18.6. The van der Waals surface area contributed by atoms with E-state index in [1.165, 1.54) is 6.42 Å². The summed E-state index contributed by atoms with van der Waals surface area (Å²) in [5, 5.41) is 3.07. The molecule has 6 rings (SSSR count). The lowest BCUT2D eigenvalue weighted by Gasteiger charge is -2.35. The van der Waals surface area contributed by atoms with Crippen LogP contribution in [-0.4, -0.2) is 38.6 Å². The second-order valence-corrected chi connectivity index (χ2v) is 14.7. The van der Waals surface area contributed by atoms with Gasteiger partial charge in [0.2, 0.25) is 0 Å². The zero-order valence-corrected chi connectivity index (χ0v) is 31.0. The molecule has 1 saturated carbocycles. The Balaban J connectivity index is 1.09. The van der Waals surface area contributed by atoms with Crippen LogP contribution in [0, 0.1) is 0 Å². The van der Waals surface area contributed by atoms with Crippen LogP contribution in [0.2, 0.25) is 0 Å². The van der Waals surface area contributed by atoms with Crippen LogP contribution < -0.4 is 10.1 Å². The molecule has 1 N–H and O–H groups in total. The molecule has 5 aromatic rings. The van der Waals surface area contributed by atoms with Crippen LogP contribution in [0.15, 0.2) is 128 Å². The fourth-order valence-corrected chi connectivity index (χ4v) is 6.56. The molecule has 1 aliphatic carbocycles. The highest BCUT2D eigenvalue weighted by Gasteiger charge is 2.29. The lowest BCUT2D eigenvalue weighted by Crippen LogP contribution is -2.43. The van der Waals surface area contributed by atoms with Crippen molar-refractivity contribution in [2.45, 2.75) is 90.8 Å². The Morgan fingerprint density at radius 1 is 0.698 bits per heavy atom. The number of amides is 3. The van der Waals surface area contributed by atoms with Crippen molar-refractivity contribution in [3.8, 4) is 16.9 Å². The molecule has 3 amide bonds. The zero-order valence-electron chi connectivity index (χ0n) is 31.0. The SMILES string of the molecule is CC(C)(C)OC(=O)N(Cc1ccc(-c2ccc(CN(Cc3cccnc3)C(=O)Nc3ccc(COc4ccccc4)cc3)cc2)cc1)C1CCCCC1. The number of benzene rings is 4. The van der Waals surface area contributed by atoms with Gasteiger partial charge in [-0.25, -0.2) is 9.59 Å². The topological polar surface area (TPSA) is 84.0 Å². The van der Waals surface area contributed by atoms with E-state index in [0.717, 1.165) is 64.8 Å². The monoisotopic (exact) mass is 710 g/mol. The lowest BCUT2D eigenvalue weighted by molar-refractivity contribution is 0.00988. The van der Waals surface area contributed by atoms with E-state index in [9.17, 15) is 9.59 Å². The van der Waals surface area contributed by atoms with Crippen LogP contribution in [0.1, 0.15) is 75.1 Å². The molecule has 0 unspecified atom stereocenters. The quantitative estimate of drug-likeness (QED) is 0.139. The molecule has 0 atom stereocenters. The van der Waals surface area contributed by atoms with Crippen LogP contribution in [-0.2, 0) is 31.0 Å². The van der Waals surface area contributed by atoms with E-state index in [1.807, 2.05) is 92.4 Å².